The Morgan fingerprint density at radius 2 is 2.00 bits per heavy atom. The fraction of sp³-hybridized carbons (Fsp3) is 0.0667. The molecule has 0 fully saturated rings. The Labute approximate surface area is 110 Å². The third kappa shape index (κ3) is 2.47. The number of aromatic nitrogens is 2. The molecule has 3 rings (SSSR count). The third-order valence-corrected chi connectivity index (χ3v) is 2.96. The van der Waals surface area contributed by atoms with E-state index in [4.69, 9.17) is 0 Å². The summed E-state index contributed by atoms with van der Waals surface area (Å²) in [5, 5.41) is 3.86. The number of nitrogens with zero attached hydrogens (tertiary/aromatic N) is 1. The van der Waals surface area contributed by atoms with Crippen molar-refractivity contribution < 1.29 is 4.79 Å². The largest absolute Gasteiger partial charge is 0.361 e. The van der Waals surface area contributed by atoms with E-state index in [0.717, 1.165) is 16.5 Å². The number of pyridine rings is 1. The van der Waals surface area contributed by atoms with Crippen LogP contribution in [-0.2, 0) is 11.2 Å². The molecule has 0 radical (unpaired) electrons. The molecule has 94 valence electrons. The van der Waals surface area contributed by atoms with Crippen LogP contribution in [0.3, 0.4) is 0 Å². The molecule has 19 heavy (non-hydrogen) atoms. The van der Waals surface area contributed by atoms with Crippen LogP contribution in [0.5, 0.6) is 0 Å². The number of hydrogen-bond donors (Lipinski definition) is 2. The number of anilines is 1. The minimum atomic E-state index is -0.0662. The predicted octanol–water partition coefficient (Wildman–Crippen LogP) is 2.74. The van der Waals surface area contributed by atoms with Crippen molar-refractivity contribution >= 4 is 22.6 Å². The van der Waals surface area contributed by atoms with Crippen LogP contribution in [0.15, 0.2) is 54.9 Å². The van der Waals surface area contributed by atoms with Gasteiger partial charge in [0.05, 0.1) is 6.42 Å². The lowest BCUT2D eigenvalue weighted by molar-refractivity contribution is -0.115. The molecule has 4 heteroatoms. The predicted molar refractivity (Wildman–Crippen MR) is 74.9 cm³/mol. The maximum atomic E-state index is 12.0. The summed E-state index contributed by atoms with van der Waals surface area (Å²) in [6.07, 6.45) is 3.87. The van der Waals surface area contributed by atoms with E-state index in [1.165, 1.54) is 0 Å². The molecule has 3 aromatic rings. The second-order valence-electron chi connectivity index (χ2n) is 4.30. The smallest absolute Gasteiger partial charge is 0.230 e. The zero-order chi connectivity index (χ0) is 13.1. The van der Waals surface area contributed by atoms with Gasteiger partial charge < -0.3 is 10.3 Å². The number of nitrogens with one attached hydrogen (secondary N) is 2. The summed E-state index contributed by atoms with van der Waals surface area (Å²) in [7, 11) is 0. The lowest BCUT2D eigenvalue weighted by Gasteiger charge is -2.03. The first kappa shape index (κ1) is 11.5. The van der Waals surface area contributed by atoms with Gasteiger partial charge in [0.15, 0.2) is 0 Å². The van der Waals surface area contributed by atoms with E-state index < -0.39 is 0 Å². The molecular weight excluding hydrogens is 238 g/mol. The maximum absolute atomic E-state index is 12.0. The van der Waals surface area contributed by atoms with Crippen molar-refractivity contribution in [1.82, 2.24) is 9.97 Å². The number of hydrogen-bond acceptors (Lipinski definition) is 2. The Morgan fingerprint density at radius 3 is 2.84 bits per heavy atom. The van der Waals surface area contributed by atoms with Crippen molar-refractivity contribution in [3.8, 4) is 0 Å². The quantitative estimate of drug-likeness (QED) is 0.752. The Balaban J connectivity index is 1.76. The fourth-order valence-electron chi connectivity index (χ4n) is 2.07. The van der Waals surface area contributed by atoms with Crippen LogP contribution in [0.4, 0.5) is 5.82 Å². The molecule has 2 N–H and O–H groups in total. The molecule has 0 saturated heterocycles. The molecule has 2 aromatic heterocycles. The minimum absolute atomic E-state index is 0.0662. The zero-order valence-corrected chi connectivity index (χ0v) is 10.3. The Bertz CT molecular complexity index is 703. The van der Waals surface area contributed by atoms with E-state index in [1.807, 2.05) is 42.6 Å². The Morgan fingerprint density at radius 1 is 1.16 bits per heavy atom. The molecule has 1 amide bonds. The van der Waals surface area contributed by atoms with Gasteiger partial charge in [-0.2, -0.15) is 0 Å². The van der Waals surface area contributed by atoms with Crippen LogP contribution in [0.25, 0.3) is 10.9 Å². The van der Waals surface area contributed by atoms with Crippen molar-refractivity contribution in [2.45, 2.75) is 6.42 Å². The number of carbonyl (C=O) groups excluding carboxylic acids is 1. The van der Waals surface area contributed by atoms with Crippen molar-refractivity contribution in [1.29, 1.82) is 0 Å². The summed E-state index contributed by atoms with van der Waals surface area (Å²) < 4.78 is 0. The number of aromatic amines is 1. The van der Waals surface area contributed by atoms with E-state index in [1.54, 1.807) is 12.3 Å². The molecule has 1 aromatic carbocycles. The van der Waals surface area contributed by atoms with Crippen LogP contribution >= 0.6 is 0 Å². The number of para-hydroxylation sites is 1. The molecule has 4 nitrogen and oxygen atoms in total. The molecule has 0 unspecified atom stereocenters. The highest BCUT2D eigenvalue weighted by molar-refractivity contribution is 5.95. The van der Waals surface area contributed by atoms with Crippen molar-refractivity contribution in [2.75, 3.05) is 5.32 Å². The van der Waals surface area contributed by atoms with Gasteiger partial charge in [0.1, 0.15) is 5.82 Å². The summed E-state index contributed by atoms with van der Waals surface area (Å²) in [4.78, 5) is 19.2. The topological polar surface area (TPSA) is 57.8 Å². The summed E-state index contributed by atoms with van der Waals surface area (Å²) in [6.45, 7) is 0. The van der Waals surface area contributed by atoms with Gasteiger partial charge in [-0.25, -0.2) is 4.98 Å². The fourth-order valence-corrected chi connectivity index (χ4v) is 2.07. The standard InChI is InChI=1S/C15H13N3O/c19-15(18-14-7-3-4-8-16-14)9-11-10-17-13-6-2-1-5-12(11)13/h1-8,10,17H,9H2,(H,16,18,19). The zero-order valence-electron chi connectivity index (χ0n) is 10.3. The lowest BCUT2D eigenvalue weighted by Crippen LogP contribution is -2.14. The van der Waals surface area contributed by atoms with Crippen LogP contribution < -0.4 is 5.32 Å². The van der Waals surface area contributed by atoms with Gasteiger partial charge in [-0.1, -0.05) is 24.3 Å². The first-order valence-corrected chi connectivity index (χ1v) is 6.09. The van der Waals surface area contributed by atoms with E-state index in [0.29, 0.717) is 12.2 Å². The van der Waals surface area contributed by atoms with E-state index in [-0.39, 0.29) is 5.91 Å². The highest BCUT2D eigenvalue weighted by Gasteiger charge is 2.08. The lowest BCUT2D eigenvalue weighted by atomic mass is 10.1. The van der Waals surface area contributed by atoms with E-state index in [2.05, 4.69) is 15.3 Å². The highest BCUT2D eigenvalue weighted by atomic mass is 16.1. The van der Waals surface area contributed by atoms with Gasteiger partial charge in [-0.15, -0.1) is 0 Å². The normalized spacial score (nSPS) is 10.5. The molecule has 2 heterocycles. The molecule has 0 aliphatic heterocycles. The number of H-pyrrole nitrogens is 1. The number of fused-ring (bicyclic) bond motifs is 1. The molecule has 0 aliphatic rings. The van der Waals surface area contributed by atoms with Crippen LogP contribution in [-0.4, -0.2) is 15.9 Å². The molecule has 0 aliphatic carbocycles. The van der Waals surface area contributed by atoms with Crippen molar-refractivity contribution in [3.63, 3.8) is 0 Å². The van der Waals surface area contributed by atoms with Gasteiger partial charge in [0.2, 0.25) is 5.91 Å². The van der Waals surface area contributed by atoms with Gasteiger partial charge >= 0.3 is 0 Å². The SMILES string of the molecule is O=C(Cc1c[nH]c2ccccc12)Nc1ccccn1. The second kappa shape index (κ2) is 4.94. The number of benzene rings is 1. The van der Waals surface area contributed by atoms with Crippen LogP contribution in [0.2, 0.25) is 0 Å². The van der Waals surface area contributed by atoms with Crippen LogP contribution in [0.1, 0.15) is 5.56 Å². The average molecular weight is 251 g/mol. The third-order valence-electron chi connectivity index (χ3n) is 2.96. The summed E-state index contributed by atoms with van der Waals surface area (Å²) in [6, 6.07) is 13.4. The highest BCUT2D eigenvalue weighted by Crippen LogP contribution is 2.18. The molecule has 0 saturated carbocycles. The van der Waals surface area contributed by atoms with E-state index in [9.17, 15) is 4.79 Å². The molecule has 0 bridgehead atoms. The van der Waals surface area contributed by atoms with Gasteiger partial charge in [0, 0.05) is 23.3 Å². The first-order valence-electron chi connectivity index (χ1n) is 6.09. The van der Waals surface area contributed by atoms with Crippen molar-refractivity contribution in [3.05, 3.63) is 60.4 Å². The minimum Gasteiger partial charge on any atom is -0.361 e. The monoisotopic (exact) mass is 251 g/mol. The Kier molecular flexibility index (Phi) is 2.98. The number of rotatable bonds is 3. The maximum Gasteiger partial charge on any atom is 0.230 e. The molecular formula is C15H13N3O. The first-order chi connectivity index (χ1) is 9.33. The van der Waals surface area contributed by atoms with Gasteiger partial charge in [0.25, 0.3) is 0 Å². The van der Waals surface area contributed by atoms with Gasteiger partial charge in [-0.3, -0.25) is 4.79 Å². The van der Waals surface area contributed by atoms with Crippen molar-refractivity contribution in [2.24, 2.45) is 0 Å². The number of carbonyl (C=O) groups is 1. The number of amides is 1. The van der Waals surface area contributed by atoms with Gasteiger partial charge in [-0.05, 0) is 23.8 Å². The second-order valence-corrected chi connectivity index (χ2v) is 4.30. The molecule has 0 spiro atoms. The average Bonchev–Trinajstić information content (AvgIpc) is 2.83. The molecule has 0 atom stereocenters. The Hall–Kier alpha value is -2.62. The summed E-state index contributed by atoms with van der Waals surface area (Å²) >= 11 is 0. The summed E-state index contributed by atoms with van der Waals surface area (Å²) in [5.41, 5.74) is 2.03. The van der Waals surface area contributed by atoms with Crippen LogP contribution in [0, 0.1) is 0 Å². The summed E-state index contributed by atoms with van der Waals surface area (Å²) in [5.74, 6) is 0.510. The van der Waals surface area contributed by atoms with E-state index >= 15 is 0 Å².